The van der Waals surface area contributed by atoms with E-state index in [0.717, 1.165) is 6.54 Å². The molecular weight excluding hydrogens is 274 g/mol. The highest BCUT2D eigenvalue weighted by Crippen LogP contribution is 2.37. The van der Waals surface area contributed by atoms with Crippen molar-refractivity contribution in [2.45, 2.75) is 51.0 Å². The molecule has 1 heterocycles. The molecule has 0 bridgehead atoms. The highest BCUT2D eigenvalue weighted by Gasteiger charge is 2.32. The van der Waals surface area contributed by atoms with E-state index in [1.807, 2.05) is 0 Å². The standard InChI is InChI=1S/C15H22BrN/c1-2-10-15(11-6-3-7-12-17-15)13-8-4-5-9-14(13)16/h4-5,8-9,17H,2-3,6-7,10-12H2,1H3. The van der Waals surface area contributed by atoms with Crippen LogP contribution in [0.3, 0.4) is 0 Å². The Kier molecular flexibility index (Phi) is 4.63. The summed E-state index contributed by atoms with van der Waals surface area (Å²) in [4.78, 5) is 0. The molecule has 0 saturated carbocycles. The fourth-order valence-corrected chi connectivity index (χ4v) is 3.66. The smallest absolute Gasteiger partial charge is 0.0445 e. The van der Waals surface area contributed by atoms with E-state index in [1.54, 1.807) is 0 Å². The molecule has 1 atom stereocenters. The van der Waals surface area contributed by atoms with Gasteiger partial charge in [0.1, 0.15) is 0 Å². The van der Waals surface area contributed by atoms with E-state index in [9.17, 15) is 0 Å². The van der Waals surface area contributed by atoms with Crippen LogP contribution in [0.25, 0.3) is 0 Å². The summed E-state index contributed by atoms with van der Waals surface area (Å²) in [5, 5.41) is 3.82. The zero-order chi connectivity index (χ0) is 12.1. The Bertz CT molecular complexity index is 354. The Morgan fingerprint density at radius 3 is 2.82 bits per heavy atom. The maximum Gasteiger partial charge on any atom is 0.0445 e. The van der Waals surface area contributed by atoms with Crippen LogP contribution in [0.5, 0.6) is 0 Å². The van der Waals surface area contributed by atoms with Gasteiger partial charge in [0.05, 0.1) is 0 Å². The third-order valence-corrected chi connectivity index (χ3v) is 4.50. The summed E-state index contributed by atoms with van der Waals surface area (Å²) in [7, 11) is 0. The van der Waals surface area contributed by atoms with Gasteiger partial charge in [0.2, 0.25) is 0 Å². The average molecular weight is 296 g/mol. The van der Waals surface area contributed by atoms with Crippen LogP contribution in [0.1, 0.15) is 51.0 Å². The highest BCUT2D eigenvalue weighted by atomic mass is 79.9. The predicted octanol–water partition coefficient (Wildman–Crippen LogP) is 4.61. The van der Waals surface area contributed by atoms with E-state index < -0.39 is 0 Å². The van der Waals surface area contributed by atoms with Gasteiger partial charge in [0, 0.05) is 10.0 Å². The quantitative estimate of drug-likeness (QED) is 0.859. The molecule has 1 unspecified atom stereocenters. The Hall–Kier alpha value is -0.340. The van der Waals surface area contributed by atoms with Crippen LogP contribution in [0.2, 0.25) is 0 Å². The summed E-state index contributed by atoms with van der Waals surface area (Å²) in [5.74, 6) is 0. The molecule has 0 radical (unpaired) electrons. The first-order chi connectivity index (χ1) is 8.28. The lowest BCUT2D eigenvalue weighted by Crippen LogP contribution is -2.42. The second-order valence-corrected chi connectivity index (χ2v) is 5.90. The maximum absolute atomic E-state index is 3.82. The molecule has 2 heteroatoms. The van der Waals surface area contributed by atoms with Crippen molar-refractivity contribution in [3.8, 4) is 0 Å². The van der Waals surface area contributed by atoms with Crippen LogP contribution in [-0.2, 0) is 5.54 Å². The van der Waals surface area contributed by atoms with E-state index in [1.165, 1.54) is 48.6 Å². The third-order valence-electron chi connectivity index (χ3n) is 3.81. The molecule has 1 saturated heterocycles. The van der Waals surface area contributed by atoms with Crippen LogP contribution in [0.4, 0.5) is 0 Å². The number of nitrogens with one attached hydrogen (secondary N) is 1. The van der Waals surface area contributed by atoms with E-state index in [0.29, 0.717) is 0 Å². The SMILES string of the molecule is CCCC1(c2ccccc2Br)CCCCCN1. The monoisotopic (exact) mass is 295 g/mol. The molecule has 1 aromatic rings. The van der Waals surface area contributed by atoms with E-state index in [2.05, 4.69) is 52.4 Å². The molecule has 1 nitrogen and oxygen atoms in total. The molecule has 17 heavy (non-hydrogen) atoms. The molecule has 94 valence electrons. The molecule has 0 aliphatic carbocycles. The lowest BCUT2D eigenvalue weighted by molar-refractivity contribution is 0.296. The van der Waals surface area contributed by atoms with Gasteiger partial charge in [0.15, 0.2) is 0 Å². The van der Waals surface area contributed by atoms with Gasteiger partial charge >= 0.3 is 0 Å². The second kappa shape index (κ2) is 6.01. The van der Waals surface area contributed by atoms with Gasteiger partial charge in [-0.2, -0.15) is 0 Å². The molecule has 1 aliphatic rings. The van der Waals surface area contributed by atoms with E-state index in [-0.39, 0.29) is 5.54 Å². The Morgan fingerprint density at radius 1 is 1.24 bits per heavy atom. The van der Waals surface area contributed by atoms with Gasteiger partial charge in [-0.15, -0.1) is 0 Å². The highest BCUT2D eigenvalue weighted by molar-refractivity contribution is 9.10. The molecule has 1 aromatic carbocycles. The summed E-state index contributed by atoms with van der Waals surface area (Å²) in [6.07, 6.45) is 7.75. The number of hydrogen-bond donors (Lipinski definition) is 1. The number of rotatable bonds is 3. The van der Waals surface area contributed by atoms with Crippen LogP contribution in [0, 0.1) is 0 Å². The van der Waals surface area contributed by atoms with Crippen molar-refractivity contribution in [2.24, 2.45) is 0 Å². The number of benzene rings is 1. The van der Waals surface area contributed by atoms with Crippen molar-refractivity contribution >= 4 is 15.9 Å². The molecule has 1 N–H and O–H groups in total. The normalized spacial score (nSPS) is 25.5. The summed E-state index contributed by atoms with van der Waals surface area (Å²) >= 11 is 3.72. The van der Waals surface area contributed by atoms with Crippen LogP contribution in [-0.4, -0.2) is 6.54 Å². The van der Waals surface area contributed by atoms with E-state index >= 15 is 0 Å². The van der Waals surface area contributed by atoms with Crippen molar-refractivity contribution < 1.29 is 0 Å². The van der Waals surface area contributed by atoms with Crippen molar-refractivity contribution in [1.29, 1.82) is 0 Å². The minimum Gasteiger partial charge on any atom is -0.307 e. The molecule has 2 rings (SSSR count). The number of hydrogen-bond acceptors (Lipinski definition) is 1. The fourth-order valence-electron chi connectivity index (χ4n) is 3.00. The number of halogens is 1. The Morgan fingerprint density at radius 2 is 2.06 bits per heavy atom. The lowest BCUT2D eigenvalue weighted by Gasteiger charge is -2.35. The third kappa shape index (κ3) is 2.92. The molecule has 1 aliphatic heterocycles. The van der Waals surface area contributed by atoms with Gasteiger partial charge in [-0.3, -0.25) is 0 Å². The Balaban J connectivity index is 2.35. The summed E-state index contributed by atoms with van der Waals surface area (Å²) in [6.45, 7) is 3.44. The van der Waals surface area contributed by atoms with Gasteiger partial charge < -0.3 is 5.32 Å². The summed E-state index contributed by atoms with van der Waals surface area (Å²) in [5.41, 5.74) is 1.65. The zero-order valence-electron chi connectivity index (χ0n) is 10.6. The predicted molar refractivity (Wildman–Crippen MR) is 77.2 cm³/mol. The molecule has 1 fully saturated rings. The van der Waals surface area contributed by atoms with Crippen molar-refractivity contribution in [2.75, 3.05) is 6.54 Å². The largest absolute Gasteiger partial charge is 0.307 e. The molecule has 0 amide bonds. The van der Waals surface area contributed by atoms with Gasteiger partial charge in [0.25, 0.3) is 0 Å². The lowest BCUT2D eigenvalue weighted by atomic mass is 9.82. The molecule has 0 aromatic heterocycles. The average Bonchev–Trinajstić information content (AvgIpc) is 2.57. The minimum atomic E-state index is 0.200. The molecule has 0 spiro atoms. The van der Waals surface area contributed by atoms with Crippen molar-refractivity contribution in [1.82, 2.24) is 5.32 Å². The van der Waals surface area contributed by atoms with Crippen LogP contribution >= 0.6 is 15.9 Å². The van der Waals surface area contributed by atoms with Crippen molar-refractivity contribution in [3.63, 3.8) is 0 Å². The van der Waals surface area contributed by atoms with Gasteiger partial charge in [-0.1, -0.05) is 60.3 Å². The second-order valence-electron chi connectivity index (χ2n) is 5.05. The minimum absolute atomic E-state index is 0.200. The zero-order valence-corrected chi connectivity index (χ0v) is 12.2. The topological polar surface area (TPSA) is 12.0 Å². The van der Waals surface area contributed by atoms with Crippen molar-refractivity contribution in [3.05, 3.63) is 34.3 Å². The van der Waals surface area contributed by atoms with Crippen LogP contribution in [0.15, 0.2) is 28.7 Å². The van der Waals surface area contributed by atoms with Gasteiger partial charge in [-0.05, 0) is 37.4 Å². The first kappa shape index (κ1) is 13.1. The first-order valence-electron chi connectivity index (χ1n) is 6.78. The van der Waals surface area contributed by atoms with Gasteiger partial charge in [-0.25, -0.2) is 0 Å². The van der Waals surface area contributed by atoms with Crippen LogP contribution < -0.4 is 5.32 Å². The molecular formula is C15H22BrN. The first-order valence-corrected chi connectivity index (χ1v) is 7.58. The Labute approximate surface area is 113 Å². The van der Waals surface area contributed by atoms with E-state index in [4.69, 9.17) is 0 Å². The summed E-state index contributed by atoms with van der Waals surface area (Å²) < 4.78 is 1.25. The fraction of sp³-hybridized carbons (Fsp3) is 0.600. The summed E-state index contributed by atoms with van der Waals surface area (Å²) in [6, 6.07) is 8.70. The maximum atomic E-state index is 3.82.